The van der Waals surface area contributed by atoms with Crippen molar-refractivity contribution >= 4 is 33.3 Å². The summed E-state index contributed by atoms with van der Waals surface area (Å²) >= 11 is 9.69. The summed E-state index contributed by atoms with van der Waals surface area (Å²) in [4.78, 5) is 6.46. The maximum atomic E-state index is 8.88. The molecule has 23 heavy (non-hydrogen) atoms. The largest absolute Gasteiger partial charge is 0.490 e. The summed E-state index contributed by atoms with van der Waals surface area (Å²) in [5, 5.41) is 9.40. The molecule has 1 aliphatic heterocycles. The lowest BCUT2D eigenvalue weighted by molar-refractivity contribution is 0.170. The fourth-order valence-electron chi connectivity index (χ4n) is 2.64. The van der Waals surface area contributed by atoms with Gasteiger partial charge in [0.15, 0.2) is 0 Å². The Bertz CT molecular complexity index is 739. The average molecular weight is 393 g/mol. The molecule has 1 aliphatic rings. The van der Waals surface area contributed by atoms with Crippen LogP contribution in [0.4, 0.5) is 5.82 Å². The third kappa shape index (κ3) is 3.95. The molecule has 4 nitrogen and oxygen atoms in total. The van der Waals surface area contributed by atoms with E-state index < -0.39 is 0 Å². The van der Waals surface area contributed by atoms with E-state index in [1.54, 1.807) is 12.3 Å². The predicted octanol–water partition coefficient (Wildman–Crippen LogP) is 4.42. The van der Waals surface area contributed by atoms with Crippen LogP contribution in [0.15, 0.2) is 41.0 Å². The molecule has 0 radical (unpaired) electrons. The molecule has 6 heteroatoms. The summed E-state index contributed by atoms with van der Waals surface area (Å²) in [5.74, 6) is 1.62. The highest BCUT2D eigenvalue weighted by molar-refractivity contribution is 9.10. The zero-order chi connectivity index (χ0) is 16.2. The SMILES string of the molecule is N#Cc1cnc(N2CCC(Oc3cccc(Br)c3)CC2)c(Cl)c1. The first-order valence-corrected chi connectivity index (χ1v) is 8.55. The van der Waals surface area contributed by atoms with Gasteiger partial charge >= 0.3 is 0 Å². The number of aromatic nitrogens is 1. The van der Waals surface area contributed by atoms with Crippen molar-refractivity contribution in [1.29, 1.82) is 5.26 Å². The highest BCUT2D eigenvalue weighted by Gasteiger charge is 2.23. The van der Waals surface area contributed by atoms with E-state index in [4.69, 9.17) is 21.6 Å². The Kier molecular flexibility index (Phi) is 5.04. The van der Waals surface area contributed by atoms with Gasteiger partial charge in [0.2, 0.25) is 0 Å². The minimum Gasteiger partial charge on any atom is -0.490 e. The Hall–Kier alpha value is -1.77. The number of nitrogens with zero attached hydrogens (tertiary/aromatic N) is 3. The highest BCUT2D eigenvalue weighted by Crippen LogP contribution is 2.28. The number of piperidine rings is 1. The van der Waals surface area contributed by atoms with E-state index in [0.29, 0.717) is 10.6 Å². The summed E-state index contributed by atoms with van der Waals surface area (Å²) in [7, 11) is 0. The number of rotatable bonds is 3. The Morgan fingerprint density at radius 1 is 1.30 bits per heavy atom. The summed E-state index contributed by atoms with van der Waals surface area (Å²) in [5.41, 5.74) is 0.478. The highest BCUT2D eigenvalue weighted by atomic mass is 79.9. The molecule has 0 N–H and O–H groups in total. The molecule has 0 spiro atoms. The van der Waals surface area contributed by atoms with E-state index >= 15 is 0 Å². The molecule has 0 unspecified atom stereocenters. The quantitative estimate of drug-likeness (QED) is 0.776. The first-order valence-electron chi connectivity index (χ1n) is 7.38. The standard InChI is InChI=1S/C17H15BrClN3O/c18-13-2-1-3-15(9-13)23-14-4-6-22(7-5-14)17-16(19)8-12(10-20)11-21-17/h1-3,8-9,11,14H,4-7H2. The number of anilines is 1. The number of hydrogen-bond acceptors (Lipinski definition) is 4. The molecular formula is C17H15BrClN3O. The minimum absolute atomic E-state index is 0.192. The summed E-state index contributed by atoms with van der Waals surface area (Å²) < 4.78 is 7.05. The maximum absolute atomic E-state index is 8.88. The molecule has 1 saturated heterocycles. The van der Waals surface area contributed by atoms with Gasteiger partial charge < -0.3 is 9.64 Å². The molecule has 0 amide bonds. The van der Waals surface area contributed by atoms with Crippen LogP contribution in [0.25, 0.3) is 0 Å². The fourth-order valence-corrected chi connectivity index (χ4v) is 3.31. The van der Waals surface area contributed by atoms with E-state index in [-0.39, 0.29) is 6.10 Å². The minimum atomic E-state index is 0.192. The molecule has 2 aromatic rings. The van der Waals surface area contributed by atoms with Crippen molar-refractivity contribution in [2.24, 2.45) is 0 Å². The Morgan fingerprint density at radius 2 is 2.09 bits per heavy atom. The van der Waals surface area contributed by atoms with Gasteiger partial charge in [-0.1, -0.05) is 33.6 Å². The summed E-state index contributed by atoms with van der Waals surface area (Å²) in [6.45, 7) is 1.66. The lowest BCUT2D eigenvalue weighted by atomic mass is 10.1. The Balaban J connectivity index is 1.61. The third-order valence-electron chi connectivity index (χ3n) is 3.79. The topological polar surface area (TPSA) is 49.2 Å². The predicted molar refractivity (Wildman–Crippen MR) is 94.0 cm³/mol. The second kappa shape index (κ2) is 7.20. The zero-order valence-electron chi connectivity index (χ0n) is 12.4. The van der Waals surface area contributed by atoms with Crippen molar-refractivity contribution in [2.75, 3.05) is 18.0 Å². The van der Waals surface area contributed by atoms with Crippen LogP contribution in [0, 0.1) is 11.3 Å². The van der Waals surface area contributed by atoms with E-state index in [1.807, 2.05) is 30.3 Å². The molecule has 0 atom stereocenters. The zero-order valence-corrected chi connectivity index (χ0v) is 14.7. The molecule has 0 aliphatic carbocycles. The van der Waals surface area contributed by atoms with Crippen LogP contribution in [-0.2, 0) is 0 Å². The van der Waals surface area contributed by atoms with E-state index in [0.717, 1.165) is 42.0 Å². The van der Waals surface area contributed by atoms with Crippen molar-refractivity contribution in [3.05, 3.63) is 51.6 Å². The Labute approximate surface area is 148 Å². The second-order valence-corrected chi connectivity index (χ2v) is 6.73. The molecule has 2 heterocycles. The van der Waals surface area contributed by atoms with Gasteiger partial charge in [-0.3, -0.25) is 0 Å². The average Bonchev–Trinajstić information content (AvgIpc) is 2.56. The molecule has 1 aromatic heterocycles. The number of pyridine rings is 1. The number of benzene rings is 1. The van der Waals surface area contributed by atoms with Gasteiger partial charge in [-0.05, 0) is 24.3 Å². The maximum Gasteiger partial charge on any atom is 0.147 e. The molecule has 118 valence electrons. The van der Waals surface area contributed by atoms with Gasteiger partial charge in [-0.25, -0.2) is 4.98 Å². The smallest absolute Gasteiger partial charge is 0.147 e. The van der Waals surface area contributed by atoms with Gasteiger partial charge in [0, 0.05) is 36.6 Å². The van der Waals surface area contributed by atoms with Crippen molar-refractivity contribution in [2.45, 2.75) is 18.9 Å². The van der Waals surface area contributed by atoms with Crippen molar-refractivity contribution in [1.82, 2.24) is 4.98 Å². The van der Waals surface area contributed by atoms with Crippen LogP contribution in [-0.4, -0.2) is 24.2 Å². The van der Waals surface area contributed by atoms with E-state index in [2.05, 4.69) is 25.8 Å². The van der Waals surface area contributed by atoms with E-state index in [1.165, 1.54) is 0 Å². The van der Waals surface area contributed by atoms with E-state index in [9.17, 15) is 0 Å². The first-order chi connectivity index (χ1) is 11.2. The molecule has 0 bridgehead atoms. The monoisotopic (exact) mass is 391 g/mol. The van der Waals surface area contributed by atoms with Gasteiger partial charge in [-0.15, -0.1) is 0 Å². The van der Waals surface area contributed by atoms with Crippen molar-refractivity contribution in [3.8, 4) is 11.8 Å². The van der Waals surface area contributed by atoms with Crippen LogP contribution in [0.3, 0.4) is 0 Å². The molecule has 1 aromatic carbocycles. The van der Waals surface area contributed by atoms with Gasteiger partial charge in [0.05, 0.1) is 10.6 Å². The van der Waals surface area contributed by atoms with Crippen LogP contribution in [0.1, 0.15) is 18.4 Å². The molecule has 3 rings (SSSR count). The lowest BCUT2D eigenvalue weighted by Gasteiger charge is -2.33. The van der Waals surface area contributed by atoms with Crippen LogP contribution in [0.5, 0.6) is 5.75 Å². The summed E-state index contributed by atoms with van der Waals surface area (Å²) in [6.07, 6.45) is 3.57. The molecule has 0 saturated carbocycles. The lowest BCUT2D eigenvalue weighted by Crippen LogP contribution is -2.38. The van der Waals surface area contributed by atoms with Gasteiger partial charge in [0.25, 0.3) is 0 Å². The first kappa shape index (κ1) is 16.1. The van der Waals surface area contributed by atoms with Gasteiger partial charge in [-0.2, -0.15) is 5.26 Å². The normalized spacial score (nSPS) is 15.3. The van der Waals surface area contributed by atoms with Crippen molar-refractivity contribution < 1.29 is 4.74 Å². The number of nitriles is 1. The molecular weight excluding hydrogens is 378 g/mol. The number of ether oxygens (including phenoxy) is 1. The third-order valence-corrected chi connectivity index (χ3v) is 4.56. The molecule has 1 fully saturated rings. The van der Waals surface area contributed by atoms with Gasteiger partial charge in [0.1, 0.15) is 23.7 Å². The number of hydrogen-bond donors (Lipinski definition) is 0. The van der Waals surface area contributed by atoms with Crippen molar-refractivity contribution in [3.63, 3.8) is 0 Å². The Morgan fingerprint density at radius 3 is 2.74 bits per heavy atom. The summed E-state index contributed by atoms with van der Waals surface area (Å²) in [6, 6.07) is 11.6. The van der Waals surface area contributed by atoms with Crippen LogP contribution in [0.2, 0.25) is 5.02 Å². The fraction of sp³-hybridized carbons (Fsp3) is 0.294. The second-order valence-electron chi connectivity index (χ2n) is 5.40. The van der Waals surface area contributed by atoms with Crippen LogP contribution < -0.4 is 9.64 Å². The van der Waals surface area contributed by atoms with Crippen LogP contribution >= 0.6 is 27.5 Å². The number of halogens is 2.